The van der Waals surface area contributed by atoms with Gasteiger partial charge >= 0.3 is 0 Å². The minimum absolute atomic E-state index is 0. The van der Waals surface area contributed by atoms with Gasteiger partial charge in [-0.25, -0.2) is 4.98 Å². The molecule has 0 unspecified atom stereocenters. The number of rotatable bonds is 5. The van der Waals surface area contributed by atoms with Crippen molar-refractivity contribution in [3.05, 3.63) is 176 Å². The maximum Gasteiger partial charge on any atom is 0.149 e. The Morgan fingerprint density at radius 3 is 2.02 bits per heavy atom. The zero-order valence-corrected chi connectivity index (χ0v) is 31.0. The number of pyridine rings is 1. The fourth-order valence-corrected chi connectivity index (χ4v) is 8.23. The summed E-state index contributed by atoms with van der Waals surface area (Å²) < 4.78 is 4.56. The quantitative estimate of drug-likeness (QED) is 0.175. The number of aromatic hydroxyl groups is 1. The van der Waals surface area contributed by atoms with Gasteiger partial charge in [-0.3, -0.25) is 9.55 Å². The van der Waals surface area contributed by atoms with Gasteiger partial charge in [0.25, 0.3) is 0 Å². The SMILES string of the molecule is Oc1ccccc1-c1nc2c(-c3cc4c5cccc6c7ccccc7n(c4c(-c4[c-]cccc4)n3)c65)cccc2n1-c1ccccc1-c1ccccc1.[Pt]. The minimum Gasteiger partial charge on any atom is -0.507 e. The van der Waals surface area contributed by atoms with Crippen LogP contribution in [-0.4, -0.2) is 24.0 Å². The second-order valence-corrected chi connectivity index (χ2v) is 13.4. The van der Waals surface area contributed by atoms with E-state index in [9.17, 15) is 5.11 Å². The van der Waals surface area contributed by atoms with Gasteiger partial charge < -0.3 is 9.51 Å². The molecule has 11 rings (SSSR count). The monoisotopic (exact) mass is 872 g/mol. The Bertz CT molecular complexity index is 3180. The second-order valence-electron chi connectivity index (χ2n) is 13.4. The molecule has 0 fully saturated rings. The van der Waals surface area contributed by atoms with Crippen LogP contribution >= 0.6 is 0 Å². The van der Waals surface area contributed by atoms with E-state index in [1.165, 1.54) is 21.7 Å². The molecular weight excluding hydrogens is 844 g/mol. The van der Waals surface area contributed by atoms with Crippen LogP contribution < -0.4 is 0 Å². The van der Waals surface area contributed by atoms with Gasteiger partial charge in [0.2, 0.25) is 0 Å². The number of fused-ring (bicyclic) bond motifs is 7. The van der Waals surface area contributed by atoms with E-state index >= 15 is 0 Å². The smallest absolute Gasteiger partial charge is 0.149 e. The molecule has 0 radical (unpaired) electrons. The summed E-state index contributed by atoms with van der Waals surface area (Å²) in [5.74, 6) is 0.821. The zero-order valence-electron chi connectivity index (χ0n) is 28.7. The van der Waals surface area contributed by atoms with E-state index in [0.29, 0.717) is 11.4 Å². The number of benzene rings is 7. The Kier molecular flexibility index (Phi) is 7.46. The molecule has 0 amide bonds. The first-order valence-electron chi connectivity index (χ1n) is 17.7. The molecule has 0 saturated heterocycles. The molecule has 7 aromatic carbocycles. The molecule has 1 N–H and O–H groups in total. The number of hydrogen-bond acceptors (Lipinski definition) is 3. The van der Waals surface area contributed by atoms with Crippen LogP contribution in [0.5, 0.6) is 5.75 Å². The van der Waals surface area contributed by atoms with E-state index in [2.05, 4.69) is 136 Å². The van der Waals surface area contributed by atoms with Gasteiger partial charge in [0.15, 0.2) is 0 Å². The van der Waals surface area contributed by atoms with Crippen LogP contribution in [0.2, 0.25) is 0 Å². The summed E-state index contributed by atoms with van der Waals surface area (Å²) in [7, 11) is 0. The van der Waals surface area contributed by atoms with Crippen molar-refractivity contribution < 1.29 is 26.2 Å². The maximum absolute atomic E-state index is 11.2. The molecule has 0 aliphatic carbocycles. The van der Waals surface area contributed by atoms with E-state index in [4.69, 9.17) is 9.97 Å². The number of aromatic nitrogens is 4. The van der Waals surface area contributed by atoms with E-state index in [1.54, 1.807) is 6.07 Å². The molecule has 5 nitrogen and oxygen atoms in total. The summed E-state index contributed by atoms with van der Waals surface area (Å²) in [6, 6.07) is 61.5. The van der Waals surface area contributed by atoms with Crippen LogP contribution in [0, 0.1) is 6.07 Å². The molecule has 0 aliphatic rings. The first-order valence-corrected chi connectivity index (χ1v) is 17.7. The number of imidazole rings is 1. The molecule has 0 spiro atoms. The summed E-state index contributed by atoms with van der Waals surface area (Å²) in [5, 5.41) is 16.0. The fourth-order valence-electron chi connectivity index (χ4n) is 8.23. The van der Waals surface area contributed by atoms with Crippen LogP contribution in [0.15, 0.2) is 170 Å². The van der Waals surface area contributed by atoms with Crippen molar-refractivity contribution >= 4 is 49.1 Å². The summed E-state index contributed by atoms with van der Waals surface area (Å²) >= 11 is 0. The van der Waals surface area contributed by atoms with E-state index in [0.717, 1.165) is 66.8 Å². The second kappa shape index (κ2) is 12.5. The molecule has 0 atom stereocenters. The third-order valence-corrected chi connectivity index (χ3v) is 10.5. The Balaban J connectivity index is 0.00000361. The van der Waals surface area contributed by atoms with Gasteiger partial charge in [-0.2, -0.15) is 0 Å². The predicted octanol–water partition coefficient (Wildman–Crippen LogP) is 11.7. The number of nitrogens with zero attached hydrogens (tertiary/aromatic N) is 4. The van der Waals surface area contributed by atoms with Crippen molar-refractivity contribution in [3.63, 3.8) is 0 Å². The van der Waals surface area contributed by atoms with Crippen LogP contribution in [-0.2, 0) is 21.1 Å². The molecule has 4 heterocycles. The summed E-state index contributed by atoms with van der Waals surface area (Å²) in [6.07, 6.45) is 0. The van der Waals surface area contributed by atoms with E-state index < -0.39 is 0 Å². The van der Waals surface area contributed by atoms with Crippen molar-refractivity contribution in [1.82, 2.24) is 18.9 Å². The molecule has 6 heteroatoms. The molecule has 54 heavy (non-hydrogen) atoms. The molecule has 0 bridgehead atoms. The summed E-state index contributed by atoms with van der Waals surface area (Å²) in [5.41, 5.74) is 12.4. The first-order chi connectivity index (χ1) is 26.2. The maximum atomic E-state index is 11.2. The van der Waals surface area contributed by atoms with Crippen molar-refractivity contribution in [3.8, 4) is 56.5 Å². The fraction of sp³-hybridized carbons (Fsp3) is 0. The van der Waals surface area contributed by atoms with Crippen molar-refractivity contribution in [2.75, 3.05) is 0 Å². The van der Waals surface area contributed by atoms with Crippen LogP contribution in [0.4, 0.5) is 0 Å². The van der Waals surface area contributed by atoms with Gasteiger partial charge in [0, 0.05) is 64.9 Å². The third-order valence-electron chi connectivity index (χ3n) is 10.5. The van der Waals surface area contributed by atoms with Crippen molar-refractivity contribution in [1.29, 1.82) is 0 Å². The Morgan fingerprint density at radius 2 is 1.19 bits per heavy atom. The number of phenolic OH excluding ortho intramolecular Hbond substituents is 1. The van der Waals surface area contributed by atoms with Gasteiger partial charge in [0.1, 0.15) is 11.6 Å². The standard InChI is InChI=1S/C48H29N4O.Pt/c53-43-28-12-9-21-37(43)48-50-45-36(24-14-27-42(45)51(48)40-25-10-7-19-32(40)30-15-3-1-4-16-30)39-29-38-35-23-13-22-34-33-20-8-11-26-41(33)52(46(34)35)47(38)44(49-39)31-17-5-2-6-18-31;/h1-17,19-29,53H;/q-1;. The van der Waals surface area contributed by atoms with Gasteiger partial charge in [-0.15, -0.1) is 35.9 Å². The first kappa shape index (κ1) is 32.1. The summed E-state index contributed by atoms with van der Waals surface area (Å²) in [4.78, 5) is 10.9. The summed E-state index contributed by atoms with van der Waals surface area (Å²) in [6.45, 7) is 0. The van der Waals surface area contributed by atoms with Crippen molar-refractivity contribution in [2.45, 2.75) is 0 Å². The van der Waals surface area contributed by atoms with Crippen LogP contribution in [0.1, 0.15) is 0 Å². The largest absolute Gasteiger partial charge is 0.507 e. The van der Waals surface area contributed by atoms with Crippen LogP contribution in [0.3, 0.4) is 0 Å². The Labute approximate surface area is 325 Å². The average molecular weight is 873 g/mol. The van der Waals surface area contributed by atoms with Crippen LogP contribution in [0.25, 0.3) is 99.8 Å². The predicted molar refractivity (Wildman–Crippen MR) is 216 cm³/mol. The van der Waals surface area contributed by atoms with Gasteiger partial charge in [0.05, 0.1) is 39.0 Å². The molecule has 11 aromatic rings. The number of para-hydroxylation sites is 5. The molecule has 258 valence electrons. The van der Waals surface area contributed by atoms with E-state index in [1.807, 2.05) is 42.5 Å². The zero-order chi connectivity index (χ0) is 35.0. The number of phenols is 1. The van der Waals surface area contributed by atoms with E-state index in [-0.39, 0.29) is 26.8 Å². The Hall–Kier alpha value is -6.55. The molecule has 4 aromatic heterocycles. The third kappa shape index (κ3) is 4.68. The molecular formula is C48H29N4OPt-. The van der Waals surface area contributed by atoms with Gasteiger partial charge in [-0.1, -0.05) is 109 Å². The topological polar surface area (TPSA) is 55.4 Å². The van der Waals surface area contributed by atoms with Crippen molar-refractivity contribution in [2.24, 2.45) is 0 Å². The number of hydrogen-bond donors (Lipinski definition) is 1. The molecule has 0 saturated carbocycles. The Morgan fingerprint density at radius 1 is 0.519 bits per heavy atom. The molecule has 0 aliphatic heterocycles. The van der Waals surface area contributed by atoms with Gasteiger partial charge in [-0.05, 0) is 42.0 Å². The normalized spacial score (nSPS) is 11.6. The average Bonchev–Trinajstić information content (AvgIpc) is 3.89. The minimum atomic E-state index is 0.